The standard InChI is InChI=1S/C16H30O8/c1-2-3-4-5-6-7-10(8-12(18)19)23-16-15(22)14(21)13(20)11(9-17)24-16/h10-11,13-17,20-22H,2-9H2,1H3,(H,18,19)/t10?,11?,13-,14+,15?,16?/m1/s1. The first-order chi connectivity index (χ1) is 11.4. The summed E-state index contributed by atoms with van der Waals surface area (Å²) >= 11 is 0. The zero-order valence-corrected chi connectivity index (χ0v) is 14.1. The minimum atomic E-state index is -1.53. The second kappa shape index (κ2) is 11.0. The number of hydrogen-bond donors (Lipinski definition) is 5. The van der Waals surface area contributed by atoms with Gasteiger partial charge in [-0.15, -0.1) is 0 Å². The first-order valence-electron chi connectivity index (χ1n) is 8.58. The summed E-state index contributed by atoms with van der Waals surface area (Å²) in [4.78, 5) is 11.0. The highest BCUT2D eigenvalue weighted by atomic mass is 16.7. The lowest BCUT2D eigenvalue weighted by molar-refractivity contribution is -0.311. The van der Waals surface area contributed by atoms with Crippen molar-refractivity contribution in [3.63, 3.8) is 0 Å². The van der Waals surface area contributed by atoms with Gasteiger partial charge in [-0.1, -0.05) is 39.0 Å². The lowest BCUT2D eigenvalue weighted by Crippen LogP contribution is -2.59. The number of ether oxygens (including phenoxy) is 2. The fourth-order valence-electron chi connectivity index (χ4n) is 2.76. The van der Waals surface area contributed by atoms with E-state index in [0.29, 0.717) is 6.42 Å². The highest BCUT2D eigenvalue weighted by Crippen LogP contribution is 2.25. The van der Waals surface area contributed by atoms with Crippen molar-refractivity contribution in [3.8, 4) is 0 Å². The summed E-state index contributed by atoms with van der Waals surface area (Å²) in [5, 5.41) is 47.6. The summed E-state index contributed by atoms with van der Waals surface area (Å²) in [5.74, 6) is -1.03. The molecule has 0 saturated carbocycles. The summed E-state index contributed by atoms with van der Waals surface area (Å²) in [6, 6.07) is 0. The summed E-state index contributed by atoms with van der Waals surface area (Å²) in [6.45, 7) is 1.56. The molecule has 1 saturated heterocycles. The van der Waals surface area contributed by atoms with Crippen molar-refractivity contribution >= 4 is 5.97 Å². The van der Waals surface area contributed by atoms with Gasteiger partial charge in [0.15, 0.2) is 6.29 Å². The fourth-order valence-corrected chi connectivity index (χ4v) is 2.76. The lowest BCUT2D eigenvalue weighted by atomic mass is 9.99. The molecule has 24 heavy (non-hydrogen) atoms. The Hall–Kier alpha value is -0.770. The topological polar surface area (TPSA) is 137 Å². The molecule has 0 bridgehead atoms. The van der Waals surface area contributed by atoms with Gasteiger partial charge in [-0.3, -0.25) is 4.79 Å². The van der Waals surface area contributed by atoms with Crippen LogP contribution in [0.1, 0.15) is 51.9 Å². The third-order valence-electron chi connectivity index (χ3n) is 4.21. The largest absolute Gasteiger partial charge is 0.481 e. The average molecular weight is 350 g/mol. The predicted molar refractivity (Wildman–Crippen MR) is 84.3 cm³/mol. The van der Waals surface area contributed by atoms with Gasteiger partial charge >= 0.3 is 5.97 Å². The number of aliphatic hydroxyl groups is 4. The second-order valence-corrected chi connectivity index (χ2v) is 6.26. The number of carbonyl (C=O) groups is 1. The maximum atomic E-state index is 11.0. The second-order valence-electron chi connectivity index (χ2n) is 6.26. The van der Waals surface area contributed by atoms with Crippen LogP contribution in [-0.4, -0.2) is 74.9 Å². The van der Waals surface area contributed by atoms with E-state index in [-0.39, 0.29) is 6.42 Å². The van der Waals surface area contributed by atoms with Crippen molar-refractivity contribution in [2.24, 2.45) is 0 Å². The van der Waals surface area contributed by atoms with Crippen LogP contribution < -0.4 is 0 Å². The van der Waals surface area contributed by atoms with Crippen molar-refractivity contribution in [2.45, 2.75) is 88.7 Å². The van der Waals surface area contributed by atoms with Crippen LogP contribution in [-0.2, 0) is 14.3 Å². The lowest BCUT2D eigenvalue weighted by Gasteiger charge is -2.40. The van der Waals surface area contributed by atoms with Crippen LogP contribution >= 0.6 is 0 Å². The van der Waals surface area contributed by atoms with Crippen LogP contribution in [0, 0.1) is 0 Å². The monoisotopic (exact) mass is 350 g/mol. The molecule has 1 heterocycles. The molecule has 0 aromatic rings. The van der Waals surface area contributed by atoms with Crippen LogP contribution in [0.4, 0.5) is 0 Å². The Kier molecular flexibility index (Phi) is 9.72. The zero-order chi connectivity index (χ0) is 18.1. The van der Waals surface area contributed by atoms with Crippen LogP contribution in [0.25, 0.3) is 0 Å². The molecule has 0 amide bonds. The third-order valence-corrected chi connectivity index (χ3v) is 4.21. The number of carboxylic acid groups (broad SMARTS) is 1. The molecule has 142 valence electrons. The number of hydrogen-bond acceptors (Lipinski definition) is 7. The van der Waals surface area contributed by atoms with E-state index in [1.165, 1.54) is 0 Å². The van der Waals surface area contributed by atoms with Crippen LogP contribution in [0.3, 0.4) is 0 Å². The molecular formula is C16H30O8. The minimum absolute atomic E-state index is 0.247. The van der Waals surface area contributed by atoms with E-state index in [1.807, 2.05) is 0 Å². The van der Waals surface area contributed by atoms with Gasteiger partial charge < -0.3 is 35.0 Å². The first kappa shape index (κ1) is 21.3. The maximum Gasteiger partial charge on any atom is 0.305 e. The molecule has 6 atom stereocenters. The average Bonchev–Trinajstić information content (AvgIpc) is 2.54. The molecule has 8 heteroatoms. The van der Waals surface area contributed by atoms with E-state index < -0.39 is 49.4 Å². The Balaban J connectivity index is 2.58. The molecular weight excluding hydrogens is 320 g/mol. The van der Waals surface area contributed by atoms with Crippen molar-refractivity contribution < 1.29 is 39.8 Å². The third kappa shape index (κ3) is 6.62. The Morgan fingerprint density at radius 3 is 2.33 bits per heavy atom. The van der Waals surface area contributed by atoms with Gasteiger partial charge in [-0.05, 0) is 6.42 Å². The van der Waals surface area contributed by atoms with Crippen LogP contribution in [0.2, 0.25) is 0 Å². The summed E-state index contributed by atoms with van der Waals surface area (Å²) in [7, 11) is 0. The molecule has 8 nitrogen and oxygen atoms in total. The normalized spacial score (nSPS) is 31.8. The maximum absolute atomic E-state index is 11.0. The fraction of sp³-hybridized carbons (Fsp3) is 0.938. The smallest absolute Gasteiger partial charge is 0.305 e. The van der Waals surface area contributed by atoms with Crippen molar-refractivity contribution in [1.29, 1.82) is 0 Å². The Bertz CT molecular complexity index is 362. The molecule has 1 rings (SSSR count). The first-order valence-corrected chi connectivity index (χ1v) is 8.58. The van der Waals surface area contributed by atoms with Crippen molar-refractivity contribution in [3.05, 3.63) is 0 Å². The number of rotatable bonds is 11. The predicted octanol–water partition coefficient (Wildman–Crippen LogP) is 0.00670. The minimum Gasteiger partial charge on any atom is -0.481 e. The molecule has 0 radical (unpaired) electrons. The summed E-state index contributed by atoms with van der Waals surface area (Å²) < 4.78 is 10.8. The molecule has 0 aromatic heterocycles. The van der Waals surface area contributed by atoms with Gasteiger partial charge in [0, 0.05) is 0 Å². The van der Waals surface area contributed by atoms with Gasteiger partial charge in [0.25, 0.3) is 0 Å². The summed E-state index contributed by atoms with van der Waals surface area (Å²) in [5.41, 5.74) is 0. The van der Waals surface area contributed by atoms with E-state index >= 15 is 0 Å². The molecule has 0 aliphatic carbocycles. The molecule has 1 fully saturated rings. The molecule has 4 unspecified atom stereocenters. The Labute approximate surface area is 142 Å². The number of carboxylic acids is 1. The number of aliphatic hydroxyl groups excluding tert-OH is 4. The SMILES string of the molecule is CCCCCCCC(CC(=O)O)OC1OC(CO)[C@@H](O)[C@H](O)C1O. The molecule has 0 aromatic carbocycles. The van der Waals surface area contributed by atoms with Gasteiger partial charge in [0.2, 0.25) is 0 Å². The van der Waals surface area contributed by atoms with Crippen molar-refractivity contribution in [2.75, 3.05) is 6.61 Å². The molecule has 1 aliphatic heterocycles. The Morgan fingerprint density at radius 2 is 1.75 bits per heavy atom. The zero-order valence-electron chi connectivity index (χ0n) is 14.1. The highest BCUT2D eigenvalue weighted by molar-refractivity contribution is 5.67. The van der Waals surface area contributed by atoms with E-state index in [9.17, 15) is 20.1 Å². The van der Waals surface area contributed by atoms with E-state index in [4.69, 9.17) is 19.7 Å². The van der Waals surface area contributed by atoms with Crippen LogP contribution in [0.15, 0.2) is 0 Å². The van der Waals surface area contributed by atoms with E-state index in [2.05, 4.69) is 6.92 Å². The summed E-state index contributed by atoms with van der Waals surface area (Å²) in [6.07, 6.45) is -2.25. The molecule has 0 spiro atoms. The van der Waals surface area contributed by atoms with Gasteiger partial charge in [0.05, 0.1) is 19.1 Å². The van der Waals surface area contributed by atoms with Gasteiger partial charge in [0.1, 0.15) is 24.4 Å². The highest BCUT2D eigenvalue weighted by Gasteiger charge is 2.44. The quantitative estimate of drug-likeness (QED) is 0.329. The number of unbranched alkanes of at least 4 members (excludes halogenated alkanes) is 4. The number of aliphatic carboxylic acids is 1. The Morgan fingerprint density at radius 1 is 1.08 bits per heavy atom. The van der Waals surface area contributed by atoms with Gasteiger partial charge in [-0.25, -0.2) is 0 Å². The van der Waals surface area contributed by atoms with Crippen LogP contribution in [0.5, 0.6) is 0 Å². The van der Waals surface area contributed by atoms with E-state index in [0.717, 1.165) is 32.1 Å². The van der Waals surface area contributed by atoms with E-state index in [1.54, 1.807) is 0 Å². The van der Waals surface area contributed by atoms with Crippen molar-refractivity contribution in [1.82, 2.24) is 0 Å². The van der Waals surface area contributed by atoms with Gasteiger partial charge in [-0.2, -0.15) is 0 Å². The molecule has 1 aliphatic rings. The molecule has 5 N–H and O–H groups in total.